The molecule has 2 aliphatic rings. The van der Waals surface area contributed by atoms with Gasteiger partial charge in [0.05, 0.1) is 24.3 Å². The summed E-state index contributed by atoms with van der Waals surface area (Å²) >= 11 is 0. The van der Waals surface area contributed by atoms with Crippen molar-refractivity contribution in [2.45, 2.75) is 25.6 Å². The van der Waals surface area contributed by atoms with Crippen molar-refractivity contribution in [1.29, 1.82) is 0 Å². The Morgan fingerprint density at radius 2 is 1.68 bits per heavy atom. The molecule has 1 fully saturated rings. The van der Waals surface area contributed by atoms with E-state index >= 15 is 0 Å². The minimum Gasteiger partial charge on any atom is -0.330 e. The van der Waals surface area contributed by atoms with Gasteiger partial charge in [-0.3, -0.25) is 4.79 Å². The summed E-state index contributed by atoms with van der Waals surface area (Å²) in [6.07, 6.45) is 2.30. The van der Waals surface area contributed by atoms with E-state index in [1.165, 1.54) is 10.5 Å². The fourth-order valence-corrected chi connectivity index (χ4v) is 4.64. The molecule has 6 heteroatoms. The number of anilines is 1. The lowest BCUT2D eigenvalue weighted by Crippen LogP contribution is -2.40. The Kier molecular flexibility index (Phi) is 3.93. The molecule has 152 valence electrons. The summed E-state index contributed by atoms with van der Waals surface area (Å²) in [5.74, 6) is -0.168. The molecule has 0 aliphatic carbocycles. The second-order valence-electron chi connectivity index (χ2n) is 8.09. The van der Waals surface area contributed by atoms with Crippen LogP contribution in [0.2, 0.25) is 0 Å². The SMILES string of the molecule is O=C1C2Cc3c(ncn3Cc3ccccc3)CN2C(=O)N1c1ccc2ccccc2c1. The van der Waals surface area contributed by atoms with Crippen molar-refractivity contribution in [1.82, 2.24) is 14.5 Å². The maximum atomic E-state index is 13.3. The number of hydrogen-bond donors (Lipinski definition) is 0. The van der Waals surface area contributed by atoms with Gasteiger partial charge in [-0.05, 0) is 28.5 Å². The quantitative estimate of drug-likeness (QED) is 0.482. The molecular weight excluding hydrogens is 388 g/mol. The number of rotatable bonds is 3. The molecule has 0 spiro atoms. The molecule has 2 aliphatic heterocycles. The van der Waals surface area contributed by atoms with Crippen LogP contribution >= 0.6 is 0 Å². The maximum absolute atomic E-state index is 13.3. The Bertz CT molecular complexity index is 1330. The van der Waals surface area contributed by atoms with Crippen molar-refractivity contribution in [2.75, 3.05) is 4.90 Å². The van der Waals surface area contributed by atoms with E-state index in [4.69, 9.17) is 0 Å². The van der Waals surface area contributed by atoms with E-state index in [2.05, 4.69) is 21.7 Å². The first-order valence-corrected chi connectivity index (χ1v) is 10.4. The number of benzene rings is 3. The summed E-state index contributed by atoms with van der Waals surface area (Å²) in [7, 11) is 0. The van der Waals surface area contributed by atoms with Crippen molar-refractivity contribution in [3.63, 3.8) is 0 Å². The zero-order valence-corrected chi connectivity index (χ0v) is 16.8. The van der Waals surface area contributed by atoms with Gasteiger partial charge in [0.2, 0.25) is 0 Å². The monoisotopic (exact) mass is 408 g/mol. The molecule has 3 heterocycles. The Balaban J connectivity index is 1.32. The topological polar surface area (TPSA) is 58.4 Å². The zero-order valence-electron chi connectivity index (χ0n) is 16.8. The first kappa shape index (κ1) is 17.9. The number of imide groups is 1. The van der Waals surface area contributed by atoms with Crippen LogP contribution in [0.1, 0.15) is 17.0 Å². The second kappa shape index (κ2) is 6.80. The Labute approximate surface area is 179 Å². The van der Waals surface area contributed by atoms with Crippen molar-refractivity contribution < 1.29 is 9.59 Å². The third-order valence-electron chi connectivity index (χ3n) is 6.25. The van der Waals surface area contributed by atoms with Crippen molar-refractivity contribution in [3.8, 4) is 0 Å². The highest BCUT2D eigenvalue weighted by Gasteiger charge is 2.49. The number of nitrogens with zero attached hydrogens (tertiary/aromatic N) is 4. The van der Waals surface area contributed by atoms with Gasteiger partial charge < -0.3 is 9.47 Å². The van der Waals surface area contributed by atoms with E-state index in [0.717, 1.165) is 22.2 Å². The van der Waals surface area contributed by atoms with Crippen molar-refractivity contribution in [2.24, 2.45) is 0 Å². The number of carbonyl (C=O) groups excluding carboxylic acids is 2. The maximum Gasteiger partial charge on any atom is 0.332 e. The molecule has 1 unspecified atom stereocenters. The lowest BCUT2D eigenvalue weighted by Gasteiger charge is -2.27. The van der Waals surface area contributed by atoms with Crippen molar-refractivity contribution >= 4 is 28.4 Å². The number of imidazole rings is 1. The molecule has 1 atom stereocenters. The molecule has 0 bridgehead atoms. The molecule has 4 aromatic rings. The number of fused-ring (bicyclic) bond motifs is 3. The van der Waals surface area contributed by atoms with Crippen LogP contribution in [0.25, 0.3) is 10.8 Å². The molecule has 0 N–H and O–H groups in total. The highest BCUT2D eigenvalue weighted by atomic mass is 16.2. The van der Waals surface area contributed by atoms with Crippen LogP contribution in [-0.2, 0) is 24.3 Å². The Morgan fingerprint density at radius 1 is 0.903 bits per heavy atom. The van der Waals surface area contributed by atoms with E-state index in [1.807, 2.05) is 67.0 Å². The van der Waals surface area contributed by atoms with Crippen LogP contribution in [0.5, 0.6) is 0 Å². The van der Waals surface area contributed by atoms with Gasteiger partial charge in [0, 0.05) is 18.7 Å². The lowest BCUT2D eigenvalue weighted by atomic mass is 10.0. The van der Waals surface area contributed by atoms with Gasteiger partial charge in [-0.15, -0.1) is 0 Å². The molecule has 1 aromatic heterocycles. The highest BCUT2D eigenvalue weighted by Crippen LogP contribution is 2.34. The highest BCUT2D eigenvalue weighted by molar-refractivity contribution is 6.22. The van der Waals surface area contributed by atoms with Crippen molar-refractivity contribution in [3.05, 3.63) is 96.1 Å². The van der Waals surface area contributed by atoms with Gasteiger partial charge in [0.15, 0.2) is 0 Å². The number of amides is 3. The minimum atomic E-state index is -0.488. The van der Waals surface area contributed by atoms with Gasteiger partial charge in [-0.1, -0.05) is 60.7 Å². The van der Waals surface area contributed by atoms with Gasteiger partial charge in [0.25, 0.3) is 5.91 Å². The van der Waals surface area contributed by atoms with E-state index in [0.29, 0.717) is 25.2 Å². The van der Waals surface area contributed by atoms with Gasteiger partial charge in [0.1, 0.15) is 6.04 Å². The summed E-state index contributed by atoms with van der Waals surface area (Å²) in [4.78, 5) is 34.0. The first-order chi connectivity index (χ1) is 15.2. The molecule has 6 rings (SSSR count). The van der Waals surface area contributed by atoms with Gasteiger partial charge in [-0.25, -0.2) is 14.7 Å². The molecule has 6 nitrogen and oxygen atoms in total. The van der Waals surface area contributed by atoms with Crippen LogP contribution in [-0.4, -0.2) is 32.4 Å². The van der Waals surface area contributed by atoms with Gasteiger partial charge >= 0.3 is 6.03 Å². The average molecular weight is 408 g/mol. The summed E-state index contributed by atoms with van der Waals surface area (Å²) in [5.41, 5.74) is 3.70. The summed E-state index contributed by atoms with van der Waals surface area (Å²) in [6, 6.07) is 23.1. The number of aromatic nitrogens is 2. The third kappa shape index (κ3) is 2.83. The minimum absolute atomic E-state index is 0.168. The number of hydrogen-bond acceptors (Lipinski definition) is 3. The predicted octanol–water partition coefficient (Wildman–Crippen LogP) is 3.98. The summed E-state index contributed by atoms with van der Waals surface area (Å²) in [6.45, 7) is 1.06. The Morgan fingerprint density at radius 3 is 2.52 bits per heavy atom. The third-order valence-corrected chi connectivity index (χ3v) is 6.25. The second-order valence-corrected chi connectivity index (χ2v) is 8.09. The molecule has 0 saturated carbocycles. The lowest BCUT2D eigenvalue weighted by molar-refractivity contribution is -0.120. The van der Waals surface area contributed by atoms with E-state index in [-0.39, 0.29) is 11.9 Å². The Hall–Kier alpha value is -3.93. The molecule has 31 heavy (non-hydrogen) atoms. The fourth-order valence-electron chi connectivity index (χ4n) is 4.64. The molecule has 3 aromatic carbocycles. The standard InChI is InChI=1S/C25H20N4O2/c30-24-23-13-22-21(26-16-27(22)14-17-6-2-1-3-7-17)15-28(23)25(31)29(24)20-11-10-18-8-4-5-9-19(18)12-20/h1-12,16,23H,13-15H2. The molecule has 1 saturated heterocycles. The molecule has 0 radical (unpaired) electrons. The van der Waals surface area contributed by atoms with E-state index < -0.39 is 6.04 Å². The smallest absolute Gasteiger partial charge is 0.330 e. The van der Waals surface area contributed by atoms with E-state index in [1.54, 1.807) is 4.90 Å². The van der Waals surface area contributed by atoms with Crippen LogP contribution in [0, 0.1) is 0 Å². The fraction of sp³-hybridized carbons (Fsp3) is 0.160. The van der Waals surface area contributed by atoms with E-state index in [9.17, 15) is 9.59 Å². The average Bonchev–Trinajstić information content (AvgIpc) is 3.31. The zero-order chi connectivity index (χ0) is 20.9. The van der Waals surface area contributed by atoms with Crippen LogP contribution in [0.15, 0.2) is 79.1 Å². The molecule has 3 amide bonds. The van der Waals surface area contributed by atoms with Crippen LogP contribution in [0.3, 0.4) is 0 Å². The number of urea groups is 1. The first-order valence-electron chi connectivity index (χ1n) is 10.4. The number of carbonyl (C=O) groups is 2. The molecular formula is C25H20N4O2. The largest absolute Gasteiger partial charge is 0.332 e. The normalized spacial score (nSPS) is 17.9. The van der Waals surface area contributed by atoms with Crippen LogP contribution in [0.4, 0.5) is 10.5 Å². The van der Waals surface area contributed by atoms with Gasteiger partial charge in [-0.2, -0.15) is 0 Å². The summed E-state index contributed by atoms with van der Waals surface area (Å²) < 4.78 is 2.10. The predicted molar refractivity (Wildman–Crippen MR) is 118 cm³/mol. The van der Waals surface area contributed by atoms with Crippen LogP contribution < -0.4 is 4.90 Å². The summed E-state index contributed by atoms with van der Waals surface area (Å²) in [5, 5.41) is 2.08.